The van der Waals surface area contributed by atoms with Crippen LogP contribution in [-0.2, 0) is 5.41 Å². The smallest absolute Gasteiger partial charge is 0.354 e. The molecule has 3 rings (SSSR count). The maximum absolute atomic E-state index is 10.9. The second-order valence-electron chi connectivity index (χ2n) is 7.25. The molecule has 2 aromatic rings. The van der Waals surface area contributed by atoms with Crippen LogP contribution in [0.25, 0.3) is 11.6 Å². The lowest BCUT2D eigenvalue weighted by molar-refractivity contribution is 0.0690. The molecule has 0 spiro atoms. The Morgan fingerprint density at radius 3 is 2.72 bits per heavy atom. The molecule has 0 atom stereocenters. The monoisotopic (exact) mass is 353 g/mol. The number of pyridine rings is 1. The number of hydrogen-bond acceptors (Lipinski definition) is 3. The van der Waals surface area contributed by atoms with E-state index in [1.54, 1.807) is 18.3 Å². The third-order valence-corrected chi connectivity index (χ3v) is 5.91. The third-order valence-electron chi connectivity index (χ3n) is 4.85. The number of carboxylic acids is 1. The fourth-order valence-corrected chi connectivity index (χ4v) is 4.83. The molecule has 0 bridgehead atoms. The van der Waals surface area contributed by atoms with E-state index in [-0.39, 0.29) is 11.1 Å². The molecule has 0 aliphatic carbocycles. The average Bonchev–Trinajstić information content (AvgIpc) is 2.54. The van der Waals surface area contributed by atoms with Crippen LogP contribution in [0.15, 0.2) is 35.4 Å². The predicted molar refractivity (Wildman–Crippen MR) is 104 cm³/mol. The number of hydrogen-bond donors (Lipinski definition) is 1. The number of aromatic nitrogens is 1. The average molecular weight is 353 g/mol. The van der Waals surface area contributed by atoms with Crippen molar-refractivity contribution in [2.45, 2.75) is 44.4 Å². The lowest BCUT2D eigenvalue weighted by Gasteiger charge is -2.33. The summed E-state index contributed by atoms with van der Waals surface area (Å²) in [6, 6.07) is 7.98. The third kappa shape index (κ3) is 3.64. The number of aryl methyl sites for hydroxylation is 1. The van der Waals surface area contributed by atoms with Crippen molar-refractivity contribution in [2.24, 2.45) is 0 Å². The van der Waals surface area contributed by atoms with Crippen LogP contribution in [0.1, 0.15) is 59.9 Å². The summed E-state index contributed by atoms with van der Waals surface area (Å²) < 4.78 is 0. The van der Waals surface area contributed by atoms with E-state index in [2.05, 4.69) is 50.9 Å². The number of nitrogens with zero attached hydrogens (tertiary/aromatic N) is 1. The van der Waals surface area contributed by atoms with Crippen molar-refractivity contribution < 1.29 is 9.90 Å². The zero-order valence-corrected chi connectivity index (χ0v) is 15.9. The van der Waals surface area contributed by atoms with Crippen molar-refractivity contribution >= 4 is 29.4 Å². The first kappa shape index (κ1) is 17.7. The normalized spacial score (nSPS) is 16.4. The van der Waals surface area contributed by atoms with E-state index in [0.717, 1.165) is 11.1 Å². The van der Waals surface area contributed by atoms with E-state index in [1.807, 2.05) is 11.8 Å². The molecule has 0 amide bonds. The van der Waals surface area contributed by atoms with Crippen LogP contribution < -0.4 is 0 Å². The molecule has 0 saturated heterocycles. The molecule has 2 heterocycles. The molecule has 1 aromatic heterocycles. The largest absolute Gasteiger partial charge is 0.477 e. The zero-order chi connectivity index (χ0) is 18.2. The Balaban J connectivity index is 1.99. The molecule has 0 saturated carbocycles. The van der Waals surface area contributed by atoms with Gasteiger partial charge in [0.25, 0.3) is 0 Å². The van der Waals surface area contributed by atoms with Gasteiger partial charge in [-0.1, -0.05) is 19.9 Å². The molecule has 4 heteroatoms. The highest BCUT2D eigenvalue weighted by atomic mass is 32.2. The van der Waals surface area contributed by atoms with Crippen LogP contribution in [-0.4, -0.2) is 21.8 Å². The fourth-order valence-electron chi connectivity index (χ4n) is 3.25. The maximum atomic E-state index is 10.9. The summed E-state index contributed by atoms with van der Waals surface area (Å²) in [5.74, 6) is 0.173. The van der Waals surface area contributed by atoms with Gasteiger partial charge in [0.05, 0.1) is 0 Å². The van der Waals surface area contributed by atoms with E-state index in [1.165, 1.54) is 33.8 Å². The summed E-state index contributed by atoms with van der Waals surface area (Å²) in [4.78, 5) is 16.3. The summed E-state index contributed by atoms with van der Waals surface area (Å²) in [6.45, 7) is 8.89. The predicted octanol–water partition coefficient (Wildman–Crippen LogP) is 5.42. The minimum Gasteiger partial charge on any atom is -0.477 e. The topological polar surface area (TPSA) is 50.2 Å². The summed E-state index contributed by atoms with van der Waals surface area (Å²) in [7, 11) is 0. The number of benzene rings is 1. The number of carboxylic acid groups (broad SMARTS) is 1. The lowest BCUT2D eigenvalue weighted by atomic mass is 9.80. The van der Waals surface area contributed by atoms with Gasteiger partial charge in [0.2, 0.25) is 0 Å². The molecule has 25 heavy (non-hydrogen) atoms. The van der Waals surface area contributed by atoms with E-state index < -0.39 is 5.97 Å². The minimum atomic E-state index is -1.00. The summed E-state index contributed by atoms with van der Waals surface area (Å²) in [5, 5.41) is 8.95. The van der Waals surface area contributed by atoms with Gasteiger partial charge in [-0.05, 0) is 83.5 Å². The van der Waals surface area contributed by atoms with Crippen LogP contribution >= 0.6 is 11.8 Å². The molecular formula is C21H23NO2S. The second-order valence-corrected chi connectivity index (χ2v) is 8.39. The number of allylic oxidation sites excluding steroid dienone is 1. The molecule has 1 N–H and O–H groups in total. The molecule has 130 valence electrons. The first-order chi connectivity index (χ1) is 11.8. The number of rotatable bonds is 3. The zero-order valence-electron chi connectivity index (χ0n) is 15.1. The van der Waals surface area contributed by atoms with Crippen LogP contribution in [0.2, 0.25) is 0 Å². The quantitative estimate of drug-likeness (QED) is 0.800. The Bertz CT molecular complexity index is 851. The summed E-state index contributed by atoms with van der Waals surface area (Å²) >= 11 is 1.95. The summed E-state index contributed by atoms with van der Waals surface area (Å²) in [5.41, 5.74) is 6.29. The number of aromatic carboxylic acids is 1. The molecule has 1 aliphatic rings. The van der Waals surface area contributed by atoms with Crippen LogP contribution in [0.5, 0.6) is 0 Å². The van der Waals surface area contributed by atoms with Gasteiger partial charge in [-0.3, -0.25) is 0 Å². The molecule has 1 aliphatic heterocycles. The van der Waals surface area contributed by atoms with Gasteiger partial charge in [-0.2, -0.15) is 0 Å². The van der Waals surface area contributed by atoms with Gasteiger partial charge >= 0.3 is 5.97 Å². The van der Waals surface area contributed by atoms with E-state index in [0.29, 0.717) is 0 Å². The van der Waals surface area contributed by atoms with Gasteiger partial charge in [-0.15, -0.1) is 11.8 Å². The van der Waals surface area contributed by atoms with Gasteiger partial charge < -0.3 is 5.11 Å². The summed E-state index contributed by atoms with van der Waals surface area (Å²) in [6.07, 6.45) is 4.87. The molecule has 0 unspecified atom stereocenters. The second kappa shape index (κ2) is 6.68. The first-order valence-electron chi connectivity index (χ1n) is 8.44. The molecule has 0 radical (unpaired) electrons. The van der Waals surface area contributed by atoms with Crippen molar-refractivity contribution in [3.05, 3.63) is 58.4 Å². The number of fused-ring (bicyclic) bond motifs is 1. The Hall–Kier alpha value is -2.07. The number of thioether (sulfide) groups is 1. The van der Waals surface area contributed by atoms with Crippen molar-refractivity contribution in [1.82, 2.24) is 4.98 Å². The van der Waals surface area contributed by atoms with Crippen LogP contribution in [0, 0.1) is 6.92 Å². The Kier molecular flexibility index (Phi) is 4.74. The lowest BCUT2D eigenvalue weighted by Crippen LogP contribution is -2.23. The van der Waals surface area contributed by atoms with E-state index >= 15 is 0 Å². The van der Waals surface area contributed by atoms with Crippen molar-refractivity contribution in [1.29, 1.82) is 0 Å². The Morgan fingerprint density at radius 1 is 1.32 bits per heavy atom. The highest BCUT2D eigenvalue weighted by molar-refractivity contribution is 7.99. The van der Waals surface area contributed by atoms with E-state index in [9.17, 15) is 4.79 Å². The Labute approximate surface area is 153 Å². The SMILES string of the molecule is CC(=Cc1ccc(C(=O)O)nc1)c1cc2c(cc1C)SCCC2(C)C. The first-order valence-corrected chi connectivity index (χ1v) is 9.42. The molecule has 3 nitrogen and oxygen atoms in total. The molecule has 0 fully saturated rings. The fraction of sp³-hybridized carbons (Fsp3) is 0.333. The van der Waals surface area contributed by atoms with Crippen molar-refractivity contribution in [3.8, 4) is 0 Å². The van der Waals surface area contributed by atoms with Gasteiger partial charge in [0.1, 0.15) is 5.69 Å². The van der Waals surface area contributed by atoms with Crippen molar-refractivity contribution in [3.63, 3.8) is 0 Å². The maximum Gasteiger partial charge on any atom is 0.354 e. The van der Waals surface area contributed by atoms with E-state index in [4.69, 9.17) is 5.11 Å². The van der Waals surface area contributed by atoms with Crippen LogP contribution in [0.4, 0.5) is 0 Å². The molecular weight excluding hydrogens is 330 g/mol. The van der Waals surface area contributed by atoms with Crippen LogP contribution in [0.3, 0.4) is 0 Å². The number of carbonyl (C=O) groups is 1. The Morgan fingerprint density at radius 2 is 2.08 bits per heavy atom. The highest BCUT2D eigenvalue weighted by Crippen LogP contribution is 2.43. The molecule has 1 aromatic carbocycles. The van der Waals surface area contributed by atoms with Gasteiger partial charge in [-0.25, -0.2) is 9.78 Å². The minimum absolute atomic E-state index is 0.0681. The van der Waals surface area contributed by atoms with Gasteiger partial charge in [0.15, 0.2) is 0 Å². The van der Waals surface area contributed by atoms with Gasteiger partial charge in [0, 0.05) is 11.1 Å². The standard InChI is InChI=1S/C21H23NO2S/c1-13(9-15-5-6-18(20(23)24)22-12-15)16-11-17-19(10-14(16)2)25-8-7-21(17,3)4/h5-6,9-12H,7-8H2,1-4H3,(H,23,24). The highest BCUT2D eigenvalue weighted by Gasteiger charge is 2.28. The van der Waals surface area contributed by atoms with Crippen molar-refractivity contribution in [2.75, 3.05) is 5.75 Å².